The number of carbonyl (C=O) groups excluding carboxylic acids is 2. The smallest absolute Gasteiger partial charge is 0.328 e. The van der Waals surface area contributed by atoms with Gasteiger partial charge in [-0.3, -0.25) is 4.79 Å². The second-order valence-corrected chi connectivity index (χ2v) is 4.77. The second kappa shape index (κ2) is 7.27. The van der Waals surface area contributed by atoms with Crippen LogP contribution in [0.2, 0.25) is 0 Å². The Kier molecular flexibility index (Phi) is 6.80. The lowest BCUT2D eigenvalue weighted by molar-refractivity contribution is -0.158. The van der Waals surface area contributed by atoms with Gasteiger partial charge in [-0.1, -0.05) is 0 Å². The van der Waals surface area contributed by atoms with Gasteiger partial charge < -0.3 is 14.8 Å². The van der Waals surface area contributed by atoms with Gasteiger partial charge in [0.1, 0.15) is 11.6 Å². The van der Waals surface area contributed by atoms with Gasteiger partial charge in [0.25, 0.3) is 0 Å². The zero-order valence-corrected chi connectivity index (χ0v) is 11.3. The first-order chi connectivity index (χ1) is 7.76. The largest absolute Gasteiger partial charge is 0.458 e. The maximum Gasteiger partial charge on any atom is 0.328 e. The van der Waals surface area contributed by atoms with Crippen LogP contribution in [0, 0.1) is 0 Å². The first-order valence-electron chi connectivity index (χ1n) is 5.86. The third-order valence-electron chi connectivity index (χ3n) is 1.82. The van der Waals surface area contributed by atoms with Crippen LogP contribution in [0.15, 0.2) is 0 Å². The molecule has 0 rings (SSSR count). The maximum atomic E-state index is 11.6. The summed E-state index contributed by atoms with van der Waals surface area (Å²) in [5.74, 6) is -0.640. The van der Waals surface area contributed by atoms with Gasteiger partial charge in [-0.05, 0) is 34.6 Å². The van der Waals surface area contributed by atoms with Crippen molar-refractivity contribution in [2.75, 3.05) is 13.2 Å². The molecule has 100 valence electrons. The van der Waals surface area contributed by atoms with Crippen molar-refractivity contribution in [3.8, 4) is 0 Å². The molecule has 0 heterocycles. The van der Waals surface area contributed by atoms with E-state index in [9.17, 15) is 9.59 Å². The molecule has 1 amide bonds. The van der Waals surface area contributed by atoms with Crippen LogP contribution in [0.4, 0.5) is 0 Å². The van der Waals surface area contributed by atoms with Crippen molar-refractivity contribution in [2.24, 2.45) is 0 Å². The van der Waals surface area contributed by atoms with Crippen molar-refractivity contribution in [3.63, 3.8) is 0 Å². The number of esters is 1. The fourth-order valence-corrected chi connectivity index (χ4v) is 1.07. The van der Waals surface area contributed by atoms with E-state index in [1.807, 2.05) is 6.92 Å². The molecule has 17 heavy (non-hydrogen) atoms. The summed E-state index contributed by atoms with van der Waals surface area (Å²) in [6.45, 7) is 9.77. The summed E-state index contributed by atoms with van der Waals surface area (Å²) in [7, 11) is 0. The van der Waals surface area contributed by atoms with E-state index in [0.29, 0.717) is 13.2 Å². The van der Waals surface area contributed by atoms with Crippen LogP contribution in [0.3, 0.4) is 0 Å². The first-order valence-corrected chi connectivity index (χ1v) is 5.86. The molecule has 0 unspecified atom stereocenters. The standard InChI is InChI=1S/C12H23NO4/c1-6-16-8-7-10(14)13-9(2)11(15)17-12(3,4)5/h9H,6-8H2,1-5H3,(H,13,14)/t9-/m1/s1. The lowest BCUT2D eigenvalue weighted by atomic mass is 10.2. The van der Waals surface area contributed by atoms with E-state index in [1.54, 1.807) is 27.7 Å². The number of ether oxygens (including phenoxy) is 2. The van der Waals surface area contributed by atoms with E-state index >= 15 is 0 Å². The number of nitrogens with one attached hydrogen (secondary N) is 1. The summed E-state index contributed by atoms with van der Waals surface area (Å²) < 4.78 is 10.2. The minimum Gasteiger partial charge on any atom is -0.458 e. The number of hydrogen-bond donors (Lipinski definition) is 1. The maximum absolute atomic E-state index is 11.6. The van der Waals surface area contributed by atoms with Crippen molar-refractivity contribution < 1.29 is 19.1 Å². The molecular weight excluding hydrogens is 222 g/mol. The summed E-state index contributed by atoms with van der Waals surface area (Å²) >= 11 is 0. The minimum absolute atomic E-state index is 0.211. The Bertz CT molecular complexity index is 258. The molecule has 0 bridgehead atoms. The van der Waals surface area contributed by atoms with E-state index in [2.05, 4.69) is 5.32 Å². The van der Waals surface area contributed by atoms with E-state index < -0.39 is 17.6 Å². The number of rotatable bonds is 6. The second-order valence-electron chi connectivity index (χ2n) is 4.77. The third-order valence-corrected chi connectivity index (χ3v) is 1.82. The fraction of sp³-hybridized carbons (Fsp3) is 0.833. The average molecular weight is 245 g/mol. The number of carbonyl (C=O) groups is 2. The molecule has 0 aromatic rings. The molecule has 5 nitrogen and oxygen atoms in total. The van der Waals surface area contributed by atoms with E-state index in [-0.39, 0.29) is 12.3 Å². The van der Waals surface area contributed by atoms with Gasteiger partial charge >= 0.3 is 5.97 Å². The normalized spacial score (nSPS) is 13.0. The van der Waals surface area contributed by atoms with Crippen LogP contribution in [0.1, 0.15) is 41.0 Å². The third kappa shape index (κ3) is 8.68. The quantitative estimate of drug-likeness (QED) is 0.565. The molecule has 0 saturated carbocycles. The van der Waals surface area contributed by atoms with Gasteiger partial charge in [-0.25, -0.2) is 4.79 Å². The van der Waals surface area contributed by atoms with Crippen molar-refractivity contribution in [1.82, 2.24) is 5.32 Å². The molecule has 5 heteroatoms. The van der Waals surface area contributed by atoms with Crippen LogP contribution in [-0.2, 0) is 19.1 Å². The van der Waals surface area contributed by atoms with Crippen molar-refractivity contribution >= 4 is 11.9 Å². The summed E-state index contributed by atoms with van der Waals surface area (Å²) in [5, 5.41) is 2.57. The molecule has 0 aliphatic carbocycles. The molecule has 0 aliphatic heterocycles. The van der Waals surface area contributed by atoms with Crippen LogP contribution in [-0.4, -0.2) is 36.7 Å². The molecule has 0 saturated heterocycles. The number of hydrogen-bond acceptors (Lipinski definition) is 4. The Morgan fingerprint density at radius 3 is 2.35 bits per heavy atom. The van der Waals surface area contributed by atoms with Gasteiger partial charge in [-0.15, -0.1) is 0 Å². The Morgan fingerprint density at radius 2 is 1.88 bits per heavy atom. The average Bonchev–Trinajstić information content (AvgIpc) is 2.15. The molecule has 0 aromatic carbocycles. The Hall–Kier alpha value is -1.10. The van der Waals surface area contributed by atoms with E-state index in [0.717, 1.165) is 0 Å². The Morgan fingerprint density at radius 1 is 1.29 bits per heavy atom. The number of amides is 1. The van der Waals surface area contributed by atoms with Gasteiger partial charge in [0.05, 0.1) is 6.61 Å². The van der Waals surface area contributed by atoms with Gasteiger partial charge in [0.15, 0.2) is 0 Å². The van der Waals surface area contributed by atoms with Gasteiger partial charge in [0.2, 0.25) is 5.91 Å². The first kappa shape index (κ1) is 15.9. The zero-order chi connectivity index (χ0) is 13.5. The predicted molar refractivity (Wildman–Crippen MR) is 64.6 cm³/mol. The molecule has 0 fully saturated rings. The highest BCUT2D eigenvalue weighted by atomic mass is 16.6. The molecule has 1 N–H and O–H groups in total. The molecule has 0 spiro atoms. The molecule has 0 radical (unpaired) electrons. The van der Waals surface area contributed by atoms with Crippen LogP contribution < -0.4 is 5.32 Å². The Balaban J connectivity index is 3.95. The molecule has 0 aromatic heterocycles. The highest BCUT2D eigenvalue weighted by Gasteiger charge is 2.22. The molecular formula is C12H23NO4. The monoisotopic (exact) mass is 245 g/mol. The zero-order valence-electron chi connectivity index (χ0n) is 11.3. The van der Waals surface area contributed by atoms with Crippen molar-refractivity contribution in [1.29, 1.82) is 0 Å². The van der Waals surface area contributed by atoms with Crippen molar-refractivity contribution in [3.05, 3.63) is 0 Å². The van der Waals surface area contributed by atoms with Gasteiger partial charge in [0, 0.05) is 13.0 Å². The predicted octanol–water partition coefficient (Wildman–Crippen LogP) is 1.26. The molecule has 0 aliphatic rings. The van der Waals surface area contributed by atoms with Crippen LogP contribution in [0.5, 0.6) is 0 Å². The minimum atomic E-state index is -0.636. The lowest BCUT2D eigenvalue weighted by Gasteiger charge is -2.22. The van der Waals surface area contributed by atoms with Crippen molar-refractivity contribution in [2.45, 2.75) is 52.7 Å². The lowest BCUT2D eigenvalue weighted by Crippen LogP contribution is -2.42. The summed E-state index contributed by atoms with van der Waals surface area (Å²) in [4.78, 5) is 23.0. The fourth-order valence-electron chi connectivity index (χ4n) is 1.07. The summed E-state index contributed by atoms with van der Waals surface area (Å²) in [6, 6.07) is -0.636. The molecule has 1 atom stereocenters. The SMILES string of the molecule is CCOCCC(=O)N[C@H](C)C(=O)OC(C)(C)C. The summed E-state index contributed by atoms with van der Waals surface area (Å²) in [6.07, 6.45) is 0.251. The van der Waals surface area contributed by atoms with E-state index in [1.165, 1.54) is 0 Å². The summed E-state index contributed by atoms with van der Waals surface area (Å²) in [5.41, 5.74) is -0.540. The van der Waals surface area contributed by atoms with E-state index in [4.69, 9.17) is 9.47 Å². The van der Waals surface area contributed by atoms with Crippen LogP contribution in [0.25, 0.3) is 0 Å². The Labute approximate surface area is 103 Å². The topological polar surface area (TPSA) is 64.6 Å². The highest BCUT2D eigenvalue weighted by molar-refractivity contribution is 5.84. The van der Waals surface area contributed by atoms with Gasteiger partial charge in [-0.2, -0.15) is 0 Å². The highest BCUT2D eigenvalue weighted by Crippen LogP contribution is 2.08. The van der Waals surface area contributed by atoms with Crippen LogP contribution >= 0.6 is 0 Å².